The minimum atomic E-state index is -4.34. The lowest BCUT2D eigenvalue weighted by atomic mass is 9.90. The third kappa shape index (κ3) is 4.97. The van der Waals surface area contributed by atoms with E-state index >= 15 is 0 Å². The molecule has 0 heterocycles. The Hall–Kier alpha value is -2.05. The number of benzene rings is 1. The first kappa shape index (κ1) is 17.3. The smallest absolute Gasteiger partial charge is 0.393 e. The first-order chi connectivity index (χ1) is 10.8. The number of hydrogen-bond acceptors (Lipinski definition) is 2. The highest BCUT2D eigenvalue weighted by Crippen LogP contribution is 2.32. The number of nitrogens with one attached hydrogen (secondary N) is 1. The molecule has 0 aliphatic heterocycles. The Labute approximate surface area is 131 Å². The standard InChI is InChI=1S/C16H18F3NO3/c17-16(18,19)9-10-4-3-7-12(8-10)20-14(21)13(15(22)23)11-5-1-2-6-11/h3-4,7-8,11,13H,1-2,5-6,9H2,(H,20,21)(H,22,23). The van der Waals surface area contributed by atoms with Gasteiger partial charge in [0.05, 0.1) is 6.42 Å². The van der Waals surface area contributed by atoms with Gasteiger partial charge in [-0.25, -0.2) is 0 Å². The molecule has 1 aromatic carbocycles. The molecule has 2 N–H and O–H groups in total. The zero-order valence-corrected chi connectivity index (χ0v) is 12.4. The van der Waals surface area contributed by atoms with Crippen LogP contribution in [0, 0.1) is 11.8 Å². The molecule has 1 fully saturated rings. The van der Waals surface area contributed by atoms with Crippen molar-refractivity contribution in [1.82, 2.24) is 0 Å². The van der Waals surface area contributed by atoms with E-state index in [2.05, 4.69) is 5.32 Å². The van der Waals surface area contributed by atoms with Crippen LogP contribution in [0.3, 0.4) is 0 Å². The maximum Gasteiger partial charge on any atom is 0.393 e. The van der Waals surface area contributed by atoms with Crippen molar-refractivity contribution < 1.29 is 27.9 Å². The number of carboxylic acid groups (broad SMARTS) is 1. The number of rotatable bonds is 5. The maximum atomic E-state index is 12.4. The molecular weight excluding hydrogens is 311 g/mol. The topological polar surface area (TPSA) is 66.4 Å². The van der Waals surface area contributed by atoms with Gasteiger partial charge in [0.15, 0.2) is 0 Å². The van der Waals surface area contributed by atoms with E-state index < -0.39 is 30.4 Å². The fraction of sp³-hybridized carbons (Fsp3) is 0.500. The lowest BCUT2D eigenvalue weighted by Crippen LogP contribution is -2.34. The number of anilines is 1. The molecule has 23 heavy (non-hydrogen) atoms. The molecule has 0 bridgehead atoms. The molecule has 1 aliphatic rings. The minimum absolute atomic E-state index is 0.0167. The summed E-state index contributed by atoms with van der Waals surface area (Å²) in [4.78, 5) is 23.6. The minimum Gasteiger partial charge on any atom is -0.481 e. The molecule has 126 valence electrons. The predicted octanol–water partition coefficient (Wildman–Crippen LogP) is 3.62. The van der Waals surface area contributed by atoms with Crippen molar-refractivity contribution in [2.24, 2.45) is 11.8 Å². The highest BCUT2D eigenvalue weighted by Gasteiger charge is 2.36. The van der Waals surface area contributed by atoms with E-state index in [1.165, 1.54) is 24.3 Å². The summed E-state index contributed by atoms with van der Waals surface area (Å²) in [5.74, 6) is -3.25. The summed E-state index contributed by atoms with van der Waals surface area (Å²) in [5.41, 5.74) is 0.198. The Morgan fingerprint density at radius 2 is 1.91 bits per heavy atom. The fourth-order valence-electron chi connectivity index (χ4n) is 3.03. The van der Waals surface area contributed by atoms with E-state index in [0.29, 0.717) is 12.8 Å². The summed E-state index contributed by atoms with van der Waals surface area (Å²) < 4.78 is 37.2. The third-order valence-electron chi connectivity index (χ3n) is 4.02. The summed E-state index contributed by atoms with van der Waals surface area (Å²) >= 11 is 0. The maximum absolute atomic E-state index is 12.4. The molecule has 0 radical (unpaired) electrons. The second kappa shape index (κ2) is 7.02. The van der Waals surface area contributed by atoms with Gasteiger partial charge in [-0.15, -0.1) is 0 Å². The van der Waals surface area contributed by atoms with Gasteiger partial charge in [0, 0.05) is 5.69 Å². The van der Waals surface area contributed by atoms with Crippen molar-refractivity contribution in [2.75, 3.05) is 5.32 Å². The number of amides is 1. The molecule has 4 nitrogen and oxygen atoms in total. The van der Waals surface area contributed by atoms with Crippen molar-refractivity contribution in [1.29, 1.82) is 0 Å². The summed E-state index contributed by atoms with van der Waals surface area (Å²) in [6, 6.07) is 5.39. The number of aliphatic carboxylic acids is 1. The fourth-order valence-corrected chi connectivity index (χ4v) is 3.03. The van der Waals surface area contributed by atoms with Crippen LogP contribution in [0.25, 0.3) is 0 Å². The van der Waals surface area contributed by atoms with Crippen LogP contribution < -0.4 is 5.32 Å². The molecule has 1 aliphatic carbocycles. The zero-order chi connectivity index (χ0) is 17.0. The average molecular weight is 329 g/mol. The average Bonchev–Trinajstić information content (AvgIpc) is 2.90. The van der Waals surface area contributed by atoms with E-state index in [4.69, 9.17) is 0 Å². The highest BCUT2D eigenvalue weighted by molar-refractivity contribution is 6.04. The summed E-state index contributed by atoms with van der Waals surface area (Å²) in [5, 5.41) is 11.7. The molecular formula is C16H18F3NO3. The van der Waals surface area contributed by atoms with Crippen molar-refractivity contribution >= 4 is 17.6 Å². The van der Waals surface area contributed by atoms with Crippen molar-refractivity contribution in [3.63, 3.8) is 0 Å². The van der Waals surface area contributed by atoms with Gasteiger partial charge in [0.1, 0.15) is 5.92 Å². The predicted molar refractivity (Wildman–Crippen MR) is 77.9 cm³/mol. The van der Waals surface area contributed by atoms with Crippen LogP contribution in [0.15, 0.2) is 24.3 Å². The summed E-state index contributed by atoms with van der Waals surface area (Å²) in [6.07, 6.45) is -2.29. The summed E-state index contributed by atoms with van der Waals surface area (Å²) in [7, 11) is 0. The molecule has 1 aromatic rings. The molecule has 1 atom stereocenters. The monoisotopic (exact) mass is 329 g/mol. The van der Waals surface area contributed by atoms with Crippen molar-refractivity contribution in [3.05, 3.63) is 29.8 Å². The normalized spacial score (nSPS) is 17.0. The van der Waals surface area contributed by atoms with Crippen LogP contribution in [-0.4, -0.2) is 23.2 Å². The lowest BCUT2D eigenvalue weighted by Gasteiger charge is -2.19. The van der Waals surface area contributed by atoms with Crippen molar-refractivity contribution in [2.45, 2.75) is 38.3 Å². The van der Waals surface area contributed by atoms with E-state index in [9.17, 15) is 27.9 Å². The second-order valence-corrected chi connectivity index (χ2v) is 5.84. The Morgan fingerprint density at radius 1 is 1.26 bits per heavy atom. The zero-order valence-electron chi connectivity index (χ0n) is 12.4. The molecule has 0 aromatic heterocycles. The van der Waals surface area contributed by atoms with Gasteiger partial charge < -0.3 is 10.4 Å². The number of carbonyl (C=O) groups excluding carboxylic acids is 1. The molecule has 1 unspecified atom stereocenters. The highest BCUT2D eigenvalue weighted by atomic mass is 19.4. The van der Waals surface area contributed by atoms with E-state index in [1.54, 1.807) is 0 Å². The van der Waals surface area contributed by atoms with E-state index in [1.807, 2.05) is 0 Å². The molecule has 7 heteroatoms. The number of halogens is 3. The van der Waals surface area contributed by atoms with Gasteiger partial charge >= 0.3 is 12.1 Å². The van der Waals surface area contributed by atoms with Gasteiger partial charge in [0.2, 0.25) is 5.91 Å². The van der Waals surface area contributed by atoms with Crippen LogP contribution in [0.2, 0.25) is 0 Å². The van der Waals surface area contributed by atoms with Crippen LogP contribution in [0.1, 0.15) is 31.2 Å². The molecule has 2 rings (SSSR count). The molecule has 1 saturated carbocycles. The van der Waals surface area contributed by atoms with Crippen molar-refractivity contribution in [3.8, 4) is 0 Å². The van der Waals surface area contributed by atoms with Crippen LogP contribution in [0.5, 0.6) is 0 Å². The largest absolute Gasteiger partial charge is 0.481 e. The number of hydrogen-bond donors (Lipinski definition) is 2. The van der Waals surface area contributed by atoms with E-state index in [-0.39, 0.29) is 17.2 Å². The second-order valence-electron chi connectivity index (χ2n) is 5.84. The summed E-state index contributed by atoms with van der Waals surface area (Å²) in [6.45, 7) is 0. The van der Waals surface area contributed by atoms with Gasteiger partial charge in [-0.05, 0) is 36.5 Å². The number of carboxylic acids is 1. The quantitative estimate of drug-likeness (QED) is 0.811. The first-order valence-corrected chi connectivity index (χ1v) is 7.45. The van der Waals surface area contributed by atoms with Crippen LogP contribution >= 0.6 is 0 Å². The first-order valence-electron chi connectivity index (χ1n) is 7.45. The Morgan fingerprint density at radius 3 is 2.48 bits per heavy atom. The molecule has 1 amide bonds. The van der Waals surface area contributed by atoms with Gasteiger partial charge in [-0.3, -0.25) is 9.59 Å². The lowest BCUT2D eigenvalue weighted by molar-refractivity contribution is -0.147. The van der Waals surface area contributed by atoms with Crippen LogP contribution in [-0.2, 0) is 16.0 Å². The van der Waals surface area contributed by atoms with Crippen LogP contribution in [0.4, 0.5) is 18.9 Å². The van der Waals surface area contributed by atoms with Gasteiger partial charge in [0.25, 0.3) is 0 Å². The Kier molecular flexibility index (Phi) is 5.28. The molecule has 0 saturated heterocycles. The SMILES string of the molecule is O=C(O)C(C(=O)Nc1cccc(CC(F)(F)F)c1)C1CCCC1. The third-order valence-corrected chi connectivity index (χ3v) is 4.02. The Bertz CT molecular complexity index is 580. The Balaban J connectivity index is 2.09. The number of carbonyl (C=O) groups is 2. The van der Waals surface area contributed by atoms with Gasteiger partial charge in [-0.2, -0.15) is 13.2 Å². The number of alkyl halides is 3. The van der Waals surface area contributed by atoms with E-state index in [0.717, 1.165) is 12.8 Å². The van der Waals surface area contributed by atoms with Gasteiger partial charge in [-0.1, -0.05) is 25.0 Å². The molecule has 0 spiro atoms.